The van der Waals surface area contributed by atoms with E-state index in [1.54, 1.807) is 0 Å². The first-order chi connectivity index (χ1) is 23.5. The van der Waals surface area contributed by atoms with E-state index >= 15 is 0 Å². The first-order valence-corrected chi connectivity index (χ1v) is 16.9. The maximum Gasteiger partial charge on any atom is 0.178 e. The van der Waals surface area contributed by atoms with Crippen LogP contribution in [0.2, 0.25) is 0 Å². The topological polar surface area (TPSA) is 18.5 Å². The molecule has 6 aromatic carbocycles. The van der Waals surface area contributed by atoms with Crippen LogP contribution >= 0.6 is 0 Å². The molecule has 0 fully saturated rings. The molecule has 1 atom stereocenters. The minimum Gasteiger partial charge on any atom is -0.449 e. The number of ether oxygens (including phenoxy) is 2. The third kappa shape index (κ3) is 4.19. The van der Waals surface area contributed by atoms with Crippen LogP contribution in [0.25, 0.3) is 22.3 Å². The van der Waals surface area contributed by atoms with Crippen LogP contribution in [0.4, 0.5) is 0 Å². The number of aryl methyl sites for hydroxylation is 2. The van der Waals surface area contributed by atoms with Gasteiger partial charge < -0.3 is 9.47 Å². The molecule has 0 aromatic heterocycles. The van der Waals surface area contributed by atoms with E-state index in [9.17, 15) is 0 Å². The van der Waals surface area contributed by atoms with Gasteiger partial charge in [0.25, 0.3) is 0 Å². The van der Waals surface area contributed by atoms with Crippen LogP contribution in [0.1, 0.15) is 58.2 Å². The van der Waals surface area contributed by atoms with Crippen LogP contribution in [-0.2, 0) is 11.8 Å². The van der Waals surface area contributed by atoms with Crippen LogP contribution in [0.3, 0.4) is 0 Å². The van der Waals surface area contributed by atoms with E-state index in [0.29, 0.717) is 5.92 Å². The van der Waals surface area contributed by atoms with Crippen molar-refractivity contribution in [2.24, 2.45) is 0 Å². The van der Waals surface area contributed by atoms with E-state index in [4.69, 9.17) is 9.47 Å². The zero-order valence-corrected chi connectivity index (χ0v) is 27.3. The maximum absolute atomic E-state index is 6.88. The van der Waals surface area contributed by atoms with Gasteiger partial charge in [-0.1, -0.05) is 140 Å². The molecule has 0 amide bonds. The van der Waals surface area contributed by atoms with Gasteiger partial charge in [0, 0.05) is 5.56 Å². The van der Waals surface area contributed by atoms with Crippen molar-refractivity contribution in [1.82, 2.24) is 0 Å². The number of hydrogen-bond acceptors (Lipinski definition) is 2. The van der Waals surface area contributed by atoms with Gasteiger partial charge in [-0.3, -0.25) is 0 Å². The predicted octanol–water partition coefficient (Wildman–Crippen LogP) is 12.1. The average molecular weight is 621 g/mol. The zero-order valence-electron chi connectivity index (χ0n) is 27.3. The molecule has 2 nitrogen and oxygen atoms in total. The lowest BCUT2D eigenvalue weighted by Gasteiger charge is -2.31. The molecule has 1 aliphatic heterocycles. The fourth-order valence-electron chi connectivity index (χ4n) is 8.28. The van der Waals surface area contributed by atoms with Gasteiger partial charge in [0.1, 0.15) is 0 Å². The van der Waals surface area contributed by atoms with Crippen molar-refractivity contribution in [2.75, 3.05) is 0 Å². The minimum atomic E-state index is -0.412. The van der Waals surface area contributed by atoms with Crippen molar-refractivity contribution in [2.45, 2.75) is 38.0 Å². The highest BCUT2D eigenvalue weighted by atomic mass is 16.6. The molecular formula is C46H36O2. The monoisotopic (exact) mass is 620 g/mol. The highest BCUT2D eigenvalue weighted by molar-refractivity contribution is 5.97. The molecule has 0 saturated heterocycles. The Morgan fingerprint density at radius 1 is 0.667 bits per heavy atom. The normalized spacial score (nSPS) is 14.6. The van der Waals surface area contributed by atoms with Crippen LogP contribution in [0, 0.1) is 6.92 Å². The van der Waals surface area contributed by atoms with Crippen molar-refractivity contribution < 1.29 is 9.47 Å². The van der Waals surface area contributed by atoms with Gasteiger partial charge in [-0.2, -0.15) is 0 Å². The summed E-state index contributed by atoms with van der Waals surface area (Å²) in [5.41, 5.74) is 14.7. The quantitative estimate of drug-likeness (QED) is 0.172. The van der Waals surface area contributed by atoms with E-state index in [0.717, 1.165) is 47.0 Å². The van der Waals surface area contributed by atoms with Crippen molar-refractivity contribution in [3.8, 4) is 45.3 Å². The first kappa shape index (κ1) is 28.6. The van der Waals surface area contributed by atoms with Crippen LogP contribution in [0.15, 0.2) is 152 Å². The summed E-state index contributed by atoms with van der Waals surface area (Å²) < 4.78 is 13.4. The van der Waals surface area contributed by atoms with Gasteiger partial charge in [0.05, 0.1) is 5.41 Å². The van der Waals surface area contributed by atoms with Gasteiger partial charge >= 0.3 is 0 Å². The third-order valence-corrected chi connectivity index (χ3v) is 10.6. The fraction of sp³-hybridized carbons (Fsp3) is 0.130. The molecule has 0 N–H and O–H groups in total. The fourth-order valence-corrected chi connectivity index (χ4v) is 8.28. The summed E-state index contributed by atoms with van der Waals surface area (Å²) in [5.74, 6) is 3.39. The number of benzene rings is 6. The SMILES string of the molecule is C=C(/C=C\C(C)c1ccccc1C)CCc1ccc2c(c1)Oc1c(ccc3c1-c1ccccc1C31c3ccccc3-c3ccccc31)O2. The van der Waals surface area contributed by atoms with Gasteiger partial charge in [-0.15, -0.1) is 0 Å². The van der Waals surface area contributed by atoms with E-state index in [-0.39, 0.29) is 0 Å². The van der Waals surface area contributed by atoms with Gasteiger partial charge in [-0.05, 0) is 99.5 Å². The second-order valence-corrected chi connectivity index (χ2v) is 13.3. The summed E-state index contributed by atoms with van der Waals surface area (Å²) in [6.45, 7) is 8.78. The molecule has 232 valence electrons. The Hall–Kier alpha value is -5.60. The van der Waals surface area contributed by atoms with E-state index in [1.165, 1.54) is 55.6 Å². The summed E-state index contributed by atoms with van der Waals surface area (Å²) in [7, 11) is 0. The number of allylic oxidation sites excluding steroid dienone is 3. The summed E-state index contributed by atoms with van der Waals surface area (Å²) in [5, 5.41) is 0. The van der Waals surface area contributed by atoms with Gasteiger partial charge in [0.15, 0.2) is 23.0 Å². The standard InChI is InChI=1S/C46H36O2/c1-29(20-22-31(3)33-13-5-4-12-30(33)2)21-23-32-24-26-41-43(28-32)48-45-42(47-41)27-25-40-44(45)36-16-8-11-19-39(36)46(40)37-17-9-6-14-34(37)35-15-7-10-18-38(35)46/h4-20,22,24-28,31H,1,21,23H2,2-3H3/b22-20-. The predicted molar refractivity (Wildman–Crippen MR) is 196 cm³/mol. The van der Waals surface area contributed by atoms with Gasteiger partial charge in [0.2, 0.25) is 0 Å². The van der Waals surface area contributed by atoms with E-state index < -0.39 is 5.41 Å². The molecule has 0 saturated carbocycles. The molecule has 6 aromatic rings. The zero-order chi connectivity index (χ0) is 32.4. The Bertz CT molecular complexity index is 2260. The molecule has 1 unspecified atom stereocenters. The molecule has 3 aliphatic rings. The largest absolute Gasteiger partial charge is 0.449 e. The Morgan fingerprint density at radius 2 is 1.29 bits per heavy atom. The average Bonchev–Trinajstić information content (AvgIpc) is 3.60. The lowest BCUT2D eigenvalue weighted by molar-refractivity contribution is 0.360. The third-order valence-electron chi connectivity index (χ3n) is 10.6. The second kappa shape index (κ2) is 11.0. The Kier molecular flexibility index (Phi) is 6.55. The lowest BCUT2D eigenvalue weighted by atomic mass is 9.70. The first-order valence-electron chi connectivity index (χ1n) is 16.9. The Labute approximate surface area is 282 Å². The number of hydrogen-bond donors (Lipinski definition) is 0. The highest BCUT2D eigenvalue weighted by Gasteiger charge is 2.53. The minimum absolute atomic E-state index is 0.342. The summed E-state index contributed by atoms with van der Waals surface area (Å²) in [6, 6.07) is 45.8. The molecule has 1 spiro atoms. The highest BCUT2D eigenvalue weighted by Crippen LogP contribution is 2.66. The molecule has 0 bridgehead atoms. The lowest BCUT2D eigenvalue weighted by Crippen LogP contribution is -2.25. The van der Waals surface area contributed by atoms with E-state index in [1.807, 2.05) is 6.07 Å². The van der Waals surface area contributed by atoms with Crippen molar-refractivity contribution in [1.29, 1.82) is 0 Å². The molecule has 48 heavy (non-hydrogen) atoms. The second-order valence-electron chi connectivity index (χ2n) is 13.3. The van der Waals surface area contributed by atoms with Crippen LogP contribution in [-0.4, -0.2) is 0 Å². The Morgan fingerprint density at radius 3 is 2.02 bits per heavy atom. The molecule has 1 heterocycles. The summed E-state index contributed by atoms with van der Waals surface area (Å²) in [6.07, 6.45) is 6.19. The van der Waals surface area contributed by atoms with Gasteiger partial charge in [-0.25, -0.2) is 0 Å². The van der Waals surface area contributed by atoms with Crippen molar-refractivity contribution >= 4 is 0 Å². The van der Waals surface area contributed by atoms with Crippen molar-refractivity contribution in [3.05, 3.63) is 191 Å². The molecule has 0 radical (unpaired) electrons. The number of rotatable bonds is 6. The van der Waals surface area contributed by atoms with E-state index in [2.05, 4.69) is 154 Å². The maximum atomic E-state index is 6.88. The Balaban J connectivity index is 1.05. The van der Waals surface area contributed by atoms with Crippen LogP contribution in [0.5, 0.6) is 23.0 Å². The van der Waals surface area contributed by atoms with Crippen molar-refractivity contribution in [3.63, 3.8) is 0 Å². The molecule has 2 aliphatic carbocycles. The summed E-state index contributed by atoms with van der Waals surface area (Å²) >= 11 is 0. The van der Waals surface area contributed by atoms with Crippen LogP contribution < -0.4 is 9.47 Å². The molecule has 2 heteroatoms. The molecule has 9 rings (SSSR count). The molecular weight excluding hydrogens is 585 g/mol. The number of fused-ring (bicyclic) bond motifs is 13. The smallest absolute Gasteiger partial charge is 0.178 e. The summed E-state index contributed by atoms with van der Waals surface area (Å²) in [4.78, 5) is 0.